The predicted octanol–water partition coefficient (Wildman–Crippen LogP) is 13.8. The molecule has 0 fully saturated rings. The fourth-order valence-corrected chi connectivity index (χ4v) is 10.3. The number of aliphatic imine (C=N–C) groups is 2. The standard InChI is InChI=1S/C58H40N4O/c1-3-15-37(16-4-1)49-32-29-38-17-7-10-24-48(38)59-58(60-49)45-23-14-28-55-56(45)44-22-13-27-54(57(44)63-55)62-51-26-12-9-21-43(51)47-36-40(31-34-53(47)62)39-30-33-52-46(35-39)42-20-8-11-25-50(42)61(52)41-18-5-2-6-19-41/h1-21,23-36,38,44,48H,22H2/b32-29+,59-58?,60-49?. The van der Waals surface area contributed by atoms with Gasteiger partial charge >= 0.3 is 0 Å². The molecule has 298 valence electrons. The average Bonchev–Trinajstić information content (AvgIpc) is 4.00. The lowest BCUT2D eigenvalue weighted by Crippen LogP contribution is -2.20. The number of amidine groups is 1. The van der Waals surface area contributed by atoms with Crippen LogP contribution in [0.15, 0.2) is 228 Å². The van der Waals surface area contributed by atoms with Gasteiger partial charge in [-0.15, -0.1) is 0 Å². The molecule has 0 saturated carbocycles. The van der Waals surface area contributed by atoms with Gasteiger partial charge in [-0.1, -0.05) is 146 Å². The van der Waals surface area contributed by atoms with Crippen molar-refractivity contribution in [3.8, 4) is 22.6 Å². The Hall–Kier alpha value is -8.02. The Balaban J connectivity index is 0.938. The molecule has 0 radical (unpaired) electrons. The highest BCUT2D eigenvalue weighted by Crippen LogP contribution is 2.50. The maximum Gasteiger partial charge on any atom is 0.156 e. The number of hydrogen-bond acceptors (Lipinski definition) is 3. The zero-order valence-corrected chi connectivity index (χ0v) is 34.3. The topological polar surface area (TPSA) is 43.8 Å². The number of hydrogen-bond donors (Lipinski definition) is 0. The van der Waals surface area contributed by atoms with Crippen molar-refractivity contribution in [1.82, 2.24) is 9.13 Å². The predicted molar refractivity (Wildman–Crippen MR) is 260 cm³/mol. The number of para-hydroxylation sites is 3. The molecule has 4 aliphatic rings. The summed E-state index contributed by atoms with van der Waals surface area (Å²) in [5, 5.41) is 4.91. The number of rotatable bonds is 5. The van der Waals surface area contributed by atoms with Crippen LogP contribution in [-0.2, 0) is 0 Å². The SMILES string of the molecule is C1=CC2/C=C/C(c3ccccc3)=NC(c3cccc4c3C3CC=CC(n5c6ccccc6c6cc(-c7ccc8c(c7)c7ccccc7n8-c7ccccc7)ccc65)=C3O4)=NC2C=C1. The van der Waals surface area contributed by atoms with Crippen LogP contribution in [0.2, 0.25) is 0 Å². The van der Waals surface area contributed by atoms with Crippen LogP contribution in [0.3, 0.4) is 0 Å². The minimum Gasteiger partial charge on any atom is -0.459 e. The van der Waals surface area contributed by atoms with Crippen molar-refractivity contribution >= 4 is 60.9 Å². The van der Waals surface area contributed by atoms with E-state index in [0.717, 1.165) is 68.6 Å². The Kier molecular flexibility index (Phi) is 8.10. The van der Waals surface area contributed by atoms with E-state index in [0.29, 0.717) is 0 Å². The summed E-state index contributed by atoms with van der Waals surface area (Å²) in [5.74, 6) is 2.72. The third-order valence-electron chi connectivity index (χ3n) is 13.2. The molecule has 9 aromatic rings. The van der Waals surface area contributed by atoms with Gasteiger partial charge in [-0.3, -0.25) is 4.99 Å². The Labute approximate surface area is 364 Å². The Morgan fingerprint density at radius 3 is 1.94 bits per heavy atom. The Morgan fingerprint density at radius 2 is 1.17 bits per heavy atom. The summed E-state index contributed by atoms with van der Waals surface area (Å²) in [6.45, 7) is 0. The van der Waals surface area contributed by atoms with Crippen LogP contribution in [0.25, 0.3) is 66.1 Å². The van der Waals surface area contributed by atoms with E-state index < -0.39 is 0 Å². The smallest absolute Gasteiger partial charge is 0.156 e. The molecule has 5 heteroatoms. The van der Waals surface area contributed by atoms with E-state index in [1.807, 2.05) is 6.07 Å². The number of allylic oxidation sites excluding steroid dienone is 7. The minimum atomic E-state index is -0.0450. The van der Waals surface area contributed by atoms with Crippen molar-refractivity contribution in [1.29, 1.82) is 0 Å². The lowest BCUT2D eigenvalue weighted by Gasteiger charge is -2.23. The third-order valence-corrected chi connectivity index (χ3v) is 13.2. The van der Waals surface area contributed by atoms with E-state index in [9.17, 15) is 0 Å². The molecule has 0 N–H and O–H groups in total. The molecule has 0 bridgehead atoms. The highest BCUT2D eigenvalue weighted by molar-refractivity contribution is 6.18. The summed E-state index contributed by atoms with van der Waals surface area (Å²) in [7, 11) is 0. The van der Waals surface area contributed by atoms with Crippen LogP contribution in [0, 0.1) is 5.92 Å². The molecule has 3 unspecified atom stereocenters. The monoisotopic (exact) mass is 808 g/mol. The molecule has 3 atom stereocenters. The summed E-state index contributed by atoms with van der Waals surface area (Å²) in [5.41, 5.74) is 13.4. The van der Waals surface area contributed by atoms with E-state index in [-0.39, 0.29) is 17.9 Å². The maximum absolute atomic E-state index is 7.02. The first-order valence-electron chi connectivity index (χ1n) is 21.8. The largest absolute Gasteiger partial charge is 0.459 e. The van der Waals surface area contributed by atoms with Gasteiger partial charge in [0.25, 0.3) is 0 Å². The van der Waals surface area contributed by atoms with Crippen molar-refractivity contribution in [2.24, 2.45) is 15.9 Å². The second-order valence-corrected chi connectivity index (χ2v) is 16.8. The molecular formula is C58H40N4O. The second-order valence-electron chi connectivity index (χ2n) is 16.8. The van der Waals surface area contributed by atoms with Crippen LogP contribution >= 0.6 is 0 Å². The van der Waals surface area contributed by atoms with E-state index in [1.165, 1.54) is 43.7 Å². The number of nitrogens with zero attached hydrogens (tertiary/aromatic N) is 4. The summed E-state index contributed by atoms with van der Waals surface area (Å²) in [6.07, 6.45) is 18.4. The van der Waals surface area contributed by atoms with E-state index in [4.69, 9.17) is 14.7 Å². The molecular weight excluding hydrogens is 769 g/mol. The van der Waals surface area contributed by atoms with Crippen LogP contribution in [0.1, 0.15) is 29.0 Å². The fourth-order valence-electron chi connectivity index (χ4n) is 10.3. The average molecular weight is 809 g/mol. The molecule has 4 heterocycles. The summed E-state index contributed by atoms with van der Waals surface area (Å²) >= 11 is 0. The molecule has 2 aliphatic carbocycles. The Bertz CT molecular complexity index is 3570. The Morgan fingerprint density at radius 1 is 0.524 bits per heavy atom. The summed E-state index contributed by atoms with van der Waals surface area (Å²) in [6, 6.07) is 58.7. The van der Waals surface area contributed by atoms with Crippen LogP contribution in [0.4, 0.5) is 0 Å². The number of benzene rings is 7. The van der Waals surface area contributed by atoms with Crippen LogP contribution < -0.4 is 4.74 Å². The van der Waals surface area contributed by atoms with Crippen molar-refractivity contribution in [2.45, 2.75) is 18.4 Å². The molecule has 13 rings (SSSR count). The zero-order valence-electron chi connectivity index (χ0n) is 34.3. The van der Waals surface area contributed by atoms with Crippen molar-refractivity contribution in [3.05, 3.63) is 235 Å². The van der Waals surface area contributed by atoms with Gasteiger partial charge in [0.2, 0.25) is 0 Å². The molecule has 2 aliphatic heterocycles. The molecule has 0 spiro atoms. The lowest BCUT2D eigenvalue weighted by atomic mass is 9.87. The van der Waals surface area contributed by atoms with Gasteiger partial charge in [0, 0.05) is 49.8 Å². The van der Waals surface area contributed by atoms with Gasteiger partial charge in [0.15, 0.2) is 5.84 Å². The third kappa shape index (κ3) is 5.70. The zero-order chi connectivity index (χ0) is 41.4. The van der Waals surface area contributed by atoms with Crippen molar-refractivity contribution in [3.63, 3.8) is 0 Å². The minimum absolute atomic E-state index is 0.00748. The van der Waals surface area contributed by atoms with E-state index >= 15 is 0 Å². The van der Waals surface area contributed by atoms with E-state index in [2.05, 4.69) is 215 Å². The maximum atomic E-state index is 7.02. The lowest BCUT2D eigenvalue weighted by molar-refractivity contribution is 0.426. The van der Waals surface area contributed by atoms with Gasteiger partial charge in [-0.2, -0.15) is 0 Å². The first-order chi connectivity index (χ1) is 31.2. The van der Waals surface area contributed by atoms with Crippen LogP contribution in [-0.4, -0.2) is 26.7 Å². The first kappa shape index (κ1) is 35.7. The van der Waals surface area contributed by atoms with Gasteiger partial charge in [0.1, 0.15) is 11.5 Å². The molecule has 63 heavy (non-hydrogen) atoms. The second kappa shape index (κ2) is 14.3. The van der Waals surface area contributed by atoms with E-state index in [1.54, 1.807) is 0 Å². The first-order valence-corrected chi connectivity index (χ1v) is 21.8. The summed E-state index contributed by atoms with van der Waals surface area (Å²) in [4.78, 5) is 10.7. The number of ether oxygens (including phenoxy) is 1. The molecule has 7 aromatic carbocycles. The quantitative estimate of drug-likeness (QED) is 0.171. The molecule has 0 saturated heterocycles. The van der Waals surface area contributed by atoms with Gasteiger partial charge < -0.3 is 13.9 Å². The normalized spacial score (nSPS) is 19.4. The molecule has 0 amide bonds. The highest BCUT2D eigenvalue weighted by Gasteiger charge is 2.37. The van der Waals surface area contributed by atoms with Crippen LogP contribution in [0.5, 0.6) is 5.75 Å². The fraction of sp³-hybridized carbons (Fsp3) is 0.0690. The van der Waals surface area contributed by atoms with Gasteiger partial charge in [-0.05, 0) is 84.3 Å². The molecule has 5 nitrogen and oxygen atoms in total. The van der Waals surface area contributed by atoms with Gasteiger partial charge in [-0.25, -0.2) is 4.99 Å². The number of fused-ring (bicyclic) bond motifs is 10. The molecule has 2 aromatic heterocycles. The van der Waals surface area contributed by atoms with Gasteiger partial charge in [0.05, 0.1) is 45.4 Å². The van der Waals surface area contributed by atoms with Crippen molar-refractivity contribution < 1.29 is 4.74 Å². The van der Waals surface area contributed by atoms with Crippen molar-refractivity contribution in [2.75, 3.05) is 0 Å². The number of aromatic nitrogens is 2. The summed E-state index contributed by atoms with van der Waals surface area (Å²) < 4.78 is 11.8. The highest BCUT2D eigenvalue weighted by atomic mass is 16.5.